The molecule has 3 aromatic carbocycles. The number of carbonyl (C=O) groups excluding carboxylic acids is 1. The van der Waals surface area contributed by atoms with Crippen molar-refractivity contribution in [2.45, 2.75) is 6.42 Å². The fourth-order valence-electron chi connectivity index (χ4n) is 4.68. The summed E-state index contributed by atoms with van der Waals surface area (Å²) in [5.41, 5.74) is 3.54. The molecule has 0 atom stereocenters. The van der Waals surface area contributed by atoms with Crippen molar-refractivity contribution in [1.29, 1.82) is 0 Å². The number of hydrogen-bond acceptors (Lipinski definition) is 5. The first-order chi connectivity index (χ1) is 18.6. The molecule has 6 rings (SSSR count). The highest BCUT2D eigenvalue weighted by atomic mass is 35.5. The number of halogens is 1. The summed E-state index contributed by atoms with van der Waals surface area (Å²) in [5.74, 6) is 1.58. The molecule has 0 radical (unpaired) electrons. The number of para-hydroxylation sites is 1. The van der Waals surface area contributed by atoms with Crippen LogP contribution in [0.25, 0.3) is 16.7 Å². The quantitative estimate of drug-likeness (QED) is 0.333. The number of piperazine rings is 1. The minimum Gasteiger partial charge on any atom is -0.352 e. The lowest BCUT2D eigenvalue weighted by molar-refractivity contribution is 0.208. The number of nitrogens with one attached hydrogen (secondary N) is 1. The molecule has 9 heteroatoms. The smallest absolute Gasteiger partial charge is 0.321 e. The molecule has 5 aromatic rings. The van der Waals surface area contributed by atoms with Gasteiger partial charge in [0.1, 0.15) is 11.6 Å². The highest BCUT2D eigenvalue weighted by molar-refractivity contribution is 6.30. The summed E-state index contributed by atoms with van der Waals surface area (Å²) in [6, 6.07) is 27.2. The molecule has 0 saturated carbocycles. The van der Waals surface area contributed by atoms with Crippen molar-refractivity contribution < 1.29 is 4.79 Å². The number of rotatable bonds is 5. The molecule has 1 saturated heterocycles. The van der Waals surface area contributed by atoms with E-state index in [1.807, 2.05) is 76.4 Å². The lowest BCUT2D eigenvalue weighted by Gasteiger charge is -2.35. The SMILES string of the molecule is O=C(Nc1cccc(Cl)c1)N1CCN(c2nc(Cc3ccccc3)nc3c2cnn3-c2ccccc2)CC1. The van der Waals surface area contributed by atoms with Crippen molar-refractivity contribution in [3.05, 3.63) is 108 Å². The minimum absolute atomic E-state index is 0.138. The maximum atomic E-state index is 12.9. The van der Waals surface area contributed by atoms with Gasteiger partial charge in [-0.15, -0.1) is 0 Å². The van der Waals surface area contributed by atoms with Crippen molar-refractivity contribution in [2.75, 3.05) is 36.4 Å². The molecule has 8 nitrogen and oxygen atoms in total. The van der Waals surface area contributed by atoms with Gasteiger partial charge in [0.2, 0.25) is 0 Å². The van der Waals surface area contributed by atoms with Gasteiger partial charge in [0.05, 0.1) is 17.3 Å². The van der Waals surface area contributed by atoms with Crippen LogP contribution in [0.3, 0.4) is 0 Å². The second-order valence-electron chi connectivity index (χ2n) is 9.17. The Bertz CT molecular complexity index is 1560. The predicted molar refractivity (Wildman–Crippen MR) is 150 cm³/mol. The van der Waals surface area contributed by atoms with Crippen molar-refractivity contribution in [2.24, 2.45) is 0 Å². The Balaban J connectivity index is 1.27. The summed E-state index contributed by atoms with van der Waals surface area (Å²) in [6.45, 7) is 2.43. The third kappa shape index (κ3) is 5.03. The predicted octanol–water partition coefficient (Wildman–Crippen LogP) is 5.41. The number of anilines is 2. The Kier molecular flexibility index (Phi) is 6.62. The monoisotopic (exact) mass is 523 g/mol. The van der Waals surface area contributed by atoms with E-state index in [2.05, 4.69) is 27.4 Å². The molecule has 2 amide bonds. The normalized spacial score (nSPS) is 13.6. The van der Waals surface area contributed by atoms with Crippen molar-refractivity contribution in [3.63, 3.8) is 0 Å². The number of carbonyl (C=O) groups is 1. The Morgan fingerprint density at radius 1 is 0.868 bits per heavy atom. The Labute approximate surface area is 225 Å². The molecular formula is C29H26ClN7O. The second-order valence-corrected chi connectivity index (χ2v) is 9.61. The summed E-state index contributed by atoms with van der Waals surface area (Å²) in [6.07, 6.45) is 2.45. The standard InChI is InChI=1S/C29H26ClN7O/c30-22-10-7-11-23(19-22)32-29(38)36-16-14-35(15-17-36)27-25-20-31-37(24-12-5-2-6-13-24)28(25)34-26(33-27)18-21-8-3-1-4-9-21/h1-13,19-20H,14-18H2,(H,32,38). The number of fused-ring (bicyclic) bond motifs is 1. The van der Waals surface area contributed by atoms with Crippen LogP contribution in [0, 0.1) is 0 Å². The molecular weight excluding hydrogens is 498 g/mol. The van der Waals surface area contributed by atoms with Crippen molar-refractivity contribution in [1.82, 2.24) is 24.6 Å². The topological polar surface area (TPSA) is 79.2 Å². The van der Waals surface area contributed by atoms with E-state index in [1.54, 1.807) is 12.1 Å². The van der Waals surface area contributed by atoms with Crippen LogP contribution in [-0.4, -0.2) is 56.9 Å². The molecule has 1 fully saturated rings. The molecule has 1 aliphatic heterocycles. The van der Waals surface area contributed by atoms with Gasteiger partial charge in [0.15, 0.2) is 5.65 Å². The number of hydrogen-bond donors (Lipinski definition) is 1. The van der Waals surface area contributed by atoms with Crippen LogP contribution in [0.2, 0.25) is 5.02 Å². The molecule has 1 N–H and O–H groups in total. The Morgan fingerprint density at radius 2 is 1.61 bits per heavy atom. The zero-order valence-electron chi connectivity index (χ0n) is 20.7. The maximum Gasteiger partial charge on any atom is 0.321 e. The van der Waals surface area contributed by atoms with Gasteiger partial charge in [-0.3, -0.25) is 0 Å². The van der Waals surface area contributed by atoms with E-state index < -0.39 is 0 Å². The van der Waals surface area contributed by atoms with Gasteiger partial charge in [-0.05, 0) is 35.9 Å². The summed E-state index contributed by atoms with van der Waals surface area (Å²) < 4.78 is 1.86. The van der Waals surface area contributed by atoms with Crippen LogP contribution in [0.15, 0.2) is 91.1 Å². The number of amides is 2. The van der Waals surface area contributed by atoms with Gasteiger partial charge < -0.3 is 15.1 Å². The lowest BCUT2D eigenvalue weighted by atomic mass is 10.1. The molecule has 38 heavy (non-hydrogen) atoms. The first kappa shape index (κ1) is 23.9. The van der Waals surface area contributed by atoms with Crippen LogP contribution < -0.4 is 10.2 Å². The maximum absolute atomic E-state index is 12.9. The third-order valence-corrected chi connectivity index (χ3v) is 6.84. The van der Waals surface area contributed by atoms with E-state index in [-0.39, 0.29) is 6.03 Å². The highest BCUT2D eigenvalue weighted by Gasteiger charge is 2.25. The van der Waals surface area contributed by atoms with E-state index in [1.165, 1.54) is 0 Å². The molecule has 0 spiro atoms. The zero-order chi connectivity index (χ0) is 25.9. The summed E-state index contributed by atoms with van der Waals surface area (Å²) in [7, 11) is 0. The molecule has 0 bridgehead atoms. The van der Waals surface area contributed by atoms with E-state index >= 15 is 0 Å². The van der Waals surface area contributed by atoms with E-state index in [9.17, 15) is 4.79 Å². The average molecular weight is 524 g/mol. The largest absolute Gasteiger partial charge is 0.352 e. The van der Waals surface area contributed by atoms with Gasteiger partial charge in [-0.1, -0.05) is 66.2 Å². The Morgan fingerprint density at radius 3 is 2.34 bits per heavy atom. The average Bonchev–Trinajstić information content (AvgIpc) is 3.38. The lowest BCUT2D eigenvalue weighted by Crippen LogP contribution is -2.50. The van der Waals surface area contributed by atoms with Gasteiger partial charge in [-0.2, -0.15) is 5.10 Å². The summed E-state index contributed by atoms with van der Waals surface area (Å²) in [4.78, 5) is 26.8. The fourth-order valence-corrected chi connectivity index (χ4v) is 4.87. The number of benzene rings is 3. The van der Waals surface area contributed by atoms with E-state index in [0.717, 1.165) is 33.9 Å². The van der Waals surface area contributed by atoms with Crippen molar-refractivity contribution >= 4 is 40.2 Å². The summed E-state index contributed by atoms with van der Waals surface area (Å²) in [5, 5.41) is 9.09. The van der Waals surface area contributed by atoms with Crippen LogP contribution >= 0.6 is 11.6 Å². The van der Waals surface area contributed by atoms with E-state index in [0.29, 0.717) is 43.3 Å². The molecule has 0 aliphatic carbocycles. The van der Waals surface area contributed by atoms with Crippen LogP contribution in [0.1, 0.15) is 11.4 Å². The number of urea groups is 1. The first-order valence-corrected chi connectivity index (χ1v) is 12.9. The van der Waals surface area contributed by atoms with Crippen LogP contribution in [0.4, 0.5) is 16.3 Å². The van der Waals surface area contributed by atoms with Crippen molar-refractivity contribution in [3.8, 4) is 5.69 Å². The highest BCUT2D eigenvalue weighted by Crippen LogP contribution is 2.27. The number of nitrogens with zero attached hydrogens (tertiary/aromatic N) is 6. The fraction of sp³-hybridized carbons (Fsp3) is 0.172. The minimum atomic E-state index is -0.138. The van der Waals surface area contributed by atoms with Gasteiger partial charge in [-0.25, -0.2) is 19.4 Å². The van der Waals surface area contributed by atoms with Gasteiger partial charge in [0.25, 0.3) is 0 Å². The molecule has 190 valence electrons. The van der Waals surface area contributed by atoms with Crippen LogP contribution in [0.5, 0.6) is 0 Å². The molecule has 0 unspecified atom stereocenters. The van der Waals surface area contributed by atoms with Crippen LogP contribution in [-0.2, 0) is 6.42 Å². The van der Waals surface area contributed by atoms with Gasteiger partial charge >= 0.3 is 6.03 Å². The molecule has 1 aliphatic rings. The summed E-state index contributed by atoms with van der Waals surface area (Å²) >= 11 is 6.06. The second kappa shape index (κ2) is 10.5. The molecule has 2 aromatic heterocycles. The Hall–Kier alpha value is -4.43. The first-order valence-electron chi connectivity index (χ1n) is 12.5. The zero-order valence-corrected chi connectivity index (χ0v) is 21.4. The van der Waals surface area contributed by atoms with E-state index in [4.69, 9.17) is 21.6 Å². The number of aromatic nitrogens is 4. The molecule has 3 heterocycles. The van der Waals surface area contributed by atoms with Gasteiger partial charge in [0, 0.05) is 43.3 Å². The third-order valence-electron chi connectivity index (χ3n) is 6.60.